The summed E-state index contributed by atoms with van der Waals surface area (Å²) >= 11 is 0. The Labute approximate surface area is 134 Å². The molecule has 3 aromatic rings. The summed E-state index contributed by atoms with van der Waals surface area (Å²) < 4.78 is 16.6. The quantitative estimate of drug-likeness (QED) is 0.678. The Kier molecular flexibility index (Phi) is 4.91. The van der Waals surface area contributed by atoms with Crippen LogP contribution in [-0.2, 0) is 6.61 Å². The molecule has 0 bridgehead atoms. The second kappa shape index (κ2) is 7.47. The van der Waals surface area contributed by atoms with E-state index in [1.807, 2.05) is 54.6 Å². The summed E-state index contributed by atoms with van der Waals surface area (Å²) in [7, 11) is 0. The van der Waals surface area contributed by atoms with Crippen molar-refractivity contribution in [1.29, 1.82) is 0 Å². The number of hydrogen-bond donors (Lipinski definition) is 1. The van der Waals surface area contributed by atoms with Crippen LogP contribution in [0.4, 0.5) is 0 Å². The highest BCUT2D eigenvalue weighted by molar-refractivity contribution is 5.65. The lowest BCUT2D eigenvalue weighted by atomic mass is 10.1. The highest BCUT2D eigenvalue weighted by Crippen LogP contribution is 2.30. The molecule has 0 aliphatic heterocycles. The summed E-state index contributed by atoms with van der Waals surface area (Å²) in [5.74, 6) is 2.06. The second-order valence-electron chi connectivity index (χ2n) is 4.85. The Hall–Kier alpha value is -2.79. The fraction of sp³-hybridized carbons (Fsp3) is 0.167. The van der Waals surface area contributed by atoms with Crippen molar-refractivity contribution in [3.8, 4) is 22.8 Å². The number of aromatic nitrogens is 1. The zero-order valence-corrected chi connectivity index (χ0v) is 12.5. The van der Waals surface area contributed by atoms with E-state index < -0.39 is 0 Å². The zero-order chi connectivity index (χ0) is 15.9. The van der Waals surface area contributed by atoms with Gasteiger partial charge in [-0.15, -0.1) is 0 Å². The van der Waals surface area contributed by atoms with Gasteiger partial charge in [0.2, 0.25) is 0 Å². The second-order valence-corrected chi connectivity index (χ2v) is 4.85. The maximum atomic E-state index is 9.08. The summed E-state index contributed by atoms with van der Waals surface area (Å²) in [6.45, 7) is 0.695. The summed E-state index contributed by atoms with van der Waals surface area (Å²) in [6.07, 6.45) is 0. The number of benzene rings is 2. The molecular formula is C18H17NO4. The molecule has 0 saturated carbocycles. The monoisotopic (exact) mass is 311 g/mol. The van der Waals surface area contributed by atoms with E-state index in [1.54, 1.807) is 6.07 Å². The lowest BCUT2D eigenvalue weighted by molar-refractivity contribution is 0.217. The molecule has 0 unspecified atom stereocenters. The van der Waals surface area contributed by atoms with Crippen molar-refractivity contribution in [2.45, 2.75) is 6.61 Å². The molecule has 5 nitrogen and oxygen atoms in total. The van der Waals surface area contributed by atoms with Crippen molar-refractivity contribution < 1.29 is 19.1 Å². The number of para-hydroxylation sites is 2. The van der Waals surface area contributed by atoms with Gasteiger partial charge in [-0.1, -0.05) is 35.5 Å². The molecule has 2 aromatic carbocycles. The van der Waals surface area contributed by atoms with Crippen molar-refractivity contribution in [3.05, 3.63) is 66.4 Å². The molecule has 0 amide bonds. The van der Waals surface area contributed by atoms with Gasteiger partial charge in [-0.25, -0.2) is 0 Å². The van der Waals surface area contributed by atoms with Gasteiger partial charge >= 0.3 is 0 Å². The van der Waals surface area contributed by atoms with Crippen molar-refractivity contribution in [2.24, 2.45) is 0 Å². The van der Waals surface area contributed by atoms with Crippen LogP contribution in [-0.4, -0.2) is 23.5 Å². The standard InChI is InChI=1S/C18H17NO4/c20-13-14-12-18(23-19-14)16-8-4-5-9-17(16)22-11-10-21-15-6-2-1-3-7-15/h1-9,12,20H,10-11,13H2. The fourth-order valence-electron chi connectivity index (χ4n) is 2.14. The van der Waals surface area contributed by atoms with Gasteiger partial charge in [0.15, 0.2) is 5.76 Å². The SMILES string of the molecule is OCc1cc(-c2ccccc2OCCOc2ccccc2)on1. The molecule has 0 aliphatic carbocycles. The first kappa shape index (κ1) is 15.1. The van der Waals surface area contributed by atoms with E-state index in [4.69, 9.17) is 19.1 Å². The van der Waals surface area contributed by atoms with Crippen molar-refractivity contribution >= 4 is 0 Å². The molecule has 3 rings (SSSR count). The molecule has 0 radical (unpaired) electrons. The highest BCUT2D eigenvalue weighted by Gasteiger charge is 2.11. The maximum Gasteiger partial charge on any atom is 0.170 e. The largest absolute Gasteiger partial charge is 0.490 e. The number of rotatable bonds is 7. The van der Waals surface area contributed by atoms with Crippen LogP contribution in [0.15, 0.2) is 65.2 Å². The Bertz CT molecular complexity index is 740. The molecule has 0 atom stereocenters. The minimum atomic E-state index is -0.155. The average molecular weight is 311 g/mol. The number of aliphatic hydroxyl groups excluding tert-OH is 1. The van der Waals surface area contributed by atoms with Crippen LogP contribution in [0.3, 0.4) is 0 Å². The molecule has 1 aromatic heterocycles. The van der Waals surface area contributed by atoms with Gasteiger partial charge in [0, 0.05) is 6.07 Å². The number of hydrogen-bond acceptors (Lipinski definition) is 5. The van der Waals surface area contributed by atoms with Gasteiger partial charge in [-0.2, -0.15) is 0 Å². The maximum absolute atomic E-state index is 9.08. The van der Waals surface area contributed by atoms with Crippen LogP contribution < -0.4 is 9.47 Å². The molecule has 0 saturated heterocycles. The predicted molar refractivity (Wildman–Crippen MR) is 85.3 cm³/mol. The topological polar surface area (TPSA) is 64.7 Å². The Morgan fingerprint density at radius 2 is 1.65 bits per heavy atom. The highest BCUT2D eigenvalue weighted by atomic mass is 16.5. The number of nitrogens with zero attached hydrogens (tertiary/aromatic N) is 1. The van der Waals surface area contributed by atoms with Gasteiger partial charge < -0.3 is 19.1 Å². The molecule has 1 N–H and O–H groups in total. The third-order valence-corrected chi connectivity index (χ3v) is 3.23. The van der Waals surface area contributed by atoms with Gasteiger partial charge in [-0.05, 0) is 24.3 Å². The average Bonchev–Trinajstić information content (AvgIpc) is 3.09. The Morgan fingerprint density at radius 1 is 0.913 bits per heavy atom. The fourth-order valence-corrected chi connectivity index (χ4v) is 2.14. The van der Waals surface area contributed by atoms with Crippen molar-refractivity contribution in [1.82, 2.24) is 5.16 Å². The molecule has 1 heterocycles. The van der Waals surface area contributed by atoms with E-state index in [2.05, 4.69) is 5.16 Å². The Morgan fingerprint density at radius 3 is 2.43 bits per heavy atom. The van der Waals surface area contributed by atoms with Crippen LogP contribution in [0.5, 0.6) is 11.5 Å². The number of ether oxygens (including phenoxy) is 2. The Balaban J connectivity index is 1.62. The van der Waals surface area contributed by atoms with E-state index in [0.717, 1.165) is 11.3 Å². The normalized spacial score (nSPS) is 10.5. The first-order chi connectivity index (χ1) is 11.4. The molecule has 118 valence electrons. The molecule has 23 heavy (non-hydrogen) atoms. The van der Waals surface area contributed by atoms with Crippen LogP contribution in [0.2, 0.25) is 0 Å². The van der Waals surface area contributed by atoms with E-state index in [0.29, 0.717) is 30.4 Å². The van der Waals surface area contributed by atoms with Crippen LogP contribution in [0.1, 0.15) is 5.69 Å². The molecular weight excluding hydrogens is 294 g/mol. The van der Waals surface area contributed by atoms with Gasteiger partial charge in [-0.3, -0.25) is 0 Å². The summed E-state index contributed by atoms with van der Waals surface area (Å²) in [4.78, 5) is 0. The summed E-state index contributed by atoms with van der Waals surface area (Å²) in [5, 5.41) is 12.9. The van der Waals surface area contributed by atoms with Crippen LogP contribution in [0.25, 0.3) is 11.3 Å². The molecule has 0 spiro atoms. The lowest BCUT2D eigenvalue weighted by Gasteiger charge is -2.10. The minimum Gasteiger partial charge on any atom is -0.490 e. The van der Waals surface area contributed by atoms with E-state index in [1.165, 1.54) is 0 Å². The third-order valence-electron chi connectivity index (χ3n) is 3.23. The van der Waals surface area contributed by atoms with Crippen molar-refractivity contribution in [3.63, 3.8) is 0 Å². The smallest absolute Gasteiger partial charge is 0.170 e. The van der Waals surface area contributed by atoms with Gasteiger partial charge in [0.05, 0.1) is 12.2 Å². The van der Waals surface area contributed by atoms with E-state index in [9.17, 15) is 0 Å². The molecule has 0 aliphatic rings. The van der Waals surface area contributed by atoms with E-state index in [-0.39, 0.29) is 6.61 Å². The van der Waals surface area contributed by atoms with Gasteiger partial charge in [0.1, 0.15) is 30.4 Å². The first-order valence-corrected chi connectivity index (χ1v) is 7.33. The number of aliphatic hydroxyl groups is 1. The summed E-state index contributed by atoms with van der Waals surface area (Å²) in [6, 6.07) is 18.8. The van der Waals surface area contributed by atoms with Crippen LogP contribution >= 0.6 is 0 Å². The summed E-state index contributed by atoms with van der Waals surface area (Å²) in [5.41, 5.74) is 1.28. The van der Waals surface area contributed by atoms with Gasteiger partial charge in [0.25, 0.3) is 0 Å². The predicted octanol–water partition coefficient (Wildman–Crippen LogP) is 3.29. The lowest BCUT2D eigenvalue weighted by Crippen LogP contribution is -2.09. The van der Waals surface area contributed by atoms with Crippen molar-refractivity contribution in [2.75, 3.05) is 13.2 Å². The van der Waals surface area contributed by atoms with Crippen LogP contribution in [0, 0.1) is 0 Å². The zero-order valence-electron chi connectivity index (χ0n) is 12.5. The van der Waals surface area contributed by atoms with E-state index >= 15 is 0 Å². The minimum absolute atomic E-state index is 0.155. The molecule has 0 fully saturated rings. The molecule has 5 heteroatoms. The third kappa shape index (κ3) is 3.90. The first-order valence-electron chi connectivity index (χ1n) is 7.33.